The number of carbonyl (C=O) groups is 4. The Bertz CT molecular complexity index is 414. The van der Waals surface area contributed by atoms with E-state index >= 15 is 0 Å². The van der Waals surface area contributed by atoms with Crippen molar-refractivity contribution in [2.24, 2.45) is 11.5 Å². The predicted octanol–water partition coefficient (Wildman–Crippen LogP) is -1.68. The molecule has 138 valence electrons. The fraction of sp³-hybridized carbons (Fsp3) is 0.714. The number of hydrogen-bond acceptors (Lipinski definition) is 6. The molecule has 0 bridgehead atoms. The minimum atomic E-state index is -2.12. The lowest BCUT2D eigenvalue weighted by Crippen LogP contribution is -2.90. The maximum Gasteiger partial charge on any atom is 0.224 e. The molecule has 0 atom stereocenters. The van der Waals surface area contributed by atoms with E-state index in [-0.39, 0.29) is 25.7 Å². The van der Waals surface area contributed by atoms with Gasteiger partial charge in [0.15, 0.2) is 0 Å². The Hall–Kier alpha value is -2.20. The summed E-state index contributed by atoms with van der Waals surface area (Å²) in [5, 5.41) is 9.44. The van der Waals surface area contributed by atoms with Crippen molar-refractivity contribution in [2.75, 3.05) is 0 Å². The van der Waals surface area contributed by atoms with E-state index in [1.165, 1.54) is 0 Å². The third-order valence-corrected chi connectivity index (χ3v) is 3.25. The van der Waals surface area contributed by atoms with Crippen molar-refractivity contribution in [1.29, 1.82) is 0 Å². The third-order valence-electron chi connectivity index (χ3n) is 3.25. The highest BCUT2D eigenvalue weighted by atomic mass is 16.2. The van der Waals surface area contributed by atoms with Gasteiger partial charge in [0, 0.05) is 25.7 Å². The van der Waals surface area contributed by atoms with E-state index in [1.807, 2.05) is 0 Å². The molecule has 0 radical (unpaired) electrons. The Kier molecular flexibility index (Phi) is 8.34. The molecule has 10 heteroatoms. The fourth-order valence-electron chi connectivity index (χ4n) is 1.69. The first-order valence-corrected chi connectivity index (χ1v) is 7.89. The fourth-order valence-corrected chi connectivity index (χ4v) is 1.69. The van der Waals surface area contributed by atoms with Gasteiger partial charge in [-0.25, -0.2) is 0 Å². The lowest BCUT2D eigenvalue weighted by Gasteiger charge is -2.46. The normalized spacial score (nSPS) is 11.4. The van der Waals surface area contributed by atoms with Gasteiger partial charge in [0.25, 0.3) is 0 Å². The van der Waals surface area contributed by atoms with Crippen LogP contribution in [0.15, 0.2) is 0 Å². The molecular formula is C14H28N6O4. The van der Waals surface area contributed by atoms with E-state index in [2.05, 4.69) is 21.3 Å². The van der Waals surface area contributed by atoms with Crippen molar-refractivity contribution < 1.29 is 19.2 Å². The van der Waals surface area contributed by atoms with Gasteiger partial charge in [-0.15, -0.1) is 0 Å². The molecule has 0 unspecified atom stereocenters. The molecule has 10 nitrogen and oxygen atoms in total. The quantitative estimate of drug-likeness (QED) is 0.273. The first-order valence-electron chi connectivity index (χ1n) is 7.89. The number of amides is 4. The van der Waals surface area contributed by atoms with Crippen molar-refractivity contribution in [1.82, 2.24) is 21.3 Å². The smallest absolute Gasteiger partial charge is 0.224 e. The average molecular weight is 344 g/mol. The first-order chi connectivity index (χ1) is 11.1. The van der Waals surface area contributed by atoms with E-state index in [0.29, 0.717) is 0 Å². The van der Waals surface area contributed by atoms with Gasteiger partial charge in [0.1, 0.15) is 0 Å². The Labute approximate surface area is 141 Å². The van der Waals surface area contributed by atoms with Crippen molar-refractivity contribution in [3.63, 3.8) is 0 Å². The van der Waals surface area contributed by atoms with E-state index < -0.39 is 35.2 Å². The highest BCUT2D eigenvalue weighted by molar-refractivity contribution is 5.83. The van der Waals surface area contributed by atoms with Crippen molar-refractivity contribution in [3.8, 4) is 0 Å². The van der Waals surface area contributed by atoms with Crippen LogP contribution in [0.5, 0.6) is 0 Å². The van der Waals surface area contributed by atoms with E-state index in [4.69, 9.17) is 11.5 Å². The van der Waals surface area contributed by atoms with Crippen molar-refractivity contribution in [3.05, 3.63) is 0 Å². The Morgan fingerprint density at radius 1 is 0.583 bits per heavy atom. The molecular weight excluding hydrogens is 316 g/mol. The molecule has 8 N–H and O–H groups in total. The molecule has 0 aromatic carbocycles. The molecule has 0 fully saturated rings. The second-order valence-corrected chi connectivity index (χ2v) is 5.22. The van der Waals surface area contributed by atoms with Crippen LogP contribution in [0.2, 0.25) is 0 Å². The standard InChI is InChI=1S/C14H28N6O4/c1-5-9(21)17-13(15,18-10(22)6-2)14(16,19-11(23)7-3)20-12(24)8-4/h5-8,15-16H2,1-4H3,(H,17,21)(H,18,22)(H,19,23)(H,20,24). The molecule has 0 saturated carbocycles. The summed E-state index contributed by atoms with van der Waals surface area (Å²) in [5.41, 5.74) is 12.2. The molecule has 4 amide bonds. The van der Waals surface area contributed by atoms with E-state index in [9.17, 15) is 19.2 Å². The van der Waals surface area contributed by atoms with Crippen LogP contribution in [0, 0.1) is 0 Å². The van der Waals surface area contributed by atoms with Crippen LogP contribution >= 0.6 is 0 Å². The van der Waals surface area contributed by atoms with Crippen LogP contribution in [0.1, 0.15) is 53.4 Å². The molecule has 0 spiro atoms. The molecule has 0 heterocycles. The van der Waals surface area contributed by atoms with Crippen LogP contribution in [0.25, 0.3) is 0 Å². The Morgan fingerprint density at radius 3 is 0.875 bits per heavy atom. The highest BCUT2D eigenvalue weighted by Crippen LogP contribution is 2.09. The maximum absolute atomic E-state index is 11.8. The molecule has 0 aliphatic rings. The van der Waals surface area contributed by atoms with Crippen LogP contribution in [-0.2, 0) is 19.2 Å². The largest absolute Gasteiger partial charge is 0.316 e. The maximum atomic E-state index is 11.8. The molecule has 0 saturated heterocycles. The van der Waals surface area contributed by atoms with Crippen LogP contribution < -0.4 is 32.7 Å². The summed E-state index contributed by atoms with van der Waals surface area (Å²) in [6, 6.07) is 0. The molecule has 0 rings (SSSR count). The first kappa shape index (κ1) is 21.8. The number of rotatable bonds is 9. The molecule has 0 aliphatic heterocycles. The predicted molar refractivity (Wildman–Crippen MR) is 87.6 cm³/mol. The molecule has 0 aliphatic carbocycles. The van der Waals surface area contributed by atoms with Gasteiger partial charge in [0.2, 0.25) is 35.2 Å². The summed E-state index contributed by atoms with van der Waals surface area (Å²) in [4.78, 5) is 47.3. The van der Waals surface area contributed by atoms with Crippen LogP contribution in [0.3, 0.4) is 0 Å². The summed E-state index contributed by atoms with van der Waals surface area (Å²) in [6.45, 7) is 6.30. The Balaban J connectivity index is 5.91. The van der Waals surface area contributed by atoms with Crippen LogP contribution in [-0.4, -0.2) is 35.2 Å². The number of nitrogens with two attached hydrogens (primary N) is 2. The second kappa shape index (κ2) is 9.18. The monoisotopic (exact) mass is 344 g/mol. The van der Waals surface area contributed by atoms with Gasteiger partial charge in [0.05, 0.1) is 0 Å². The van der Waals surface area contributed by atoms with E-state index in [0.717, 1.165) is 0 Å². The van der Waals surface area contributed by atoms with Crippen LogP contribution in [0.4, 0.5) is 0 Å². The van der Waals surface area contributed by atoms with Gasteiger partial charge in [-0.3, -0.25) is 30.6 Å². The molecule has 0 aromatic rings. The summed E-state index contributed by atoms with van der Waals surface area (Å²) in [6.07, 6.45) is 0.224. The van der Waals surface area contributed by atoms with Gasteiger partial charge in [-0.2, -0.15) is 0 Å². The summed E-state index contributed by atoms with van der Waals surface area (Å²) >= 11 is 0. The van der Waals surface area contributed by atoms with Gasteiger partial charge >= 0.3 is 0 Å². The number of carbonyl (C=O) groups excluding carboxylic acids is 4. The topological polar surface area (TPSA) is 168 Å². The average Bonchev–Trinajstić information content (AvgIpc) is 2.53. The zero-order valence-corrected chi connectivity index (χ0v) is 14.6. The number of nitrogens with one attached hydrogen (secondary N) is 4. The zero-order chi connectivity index (χ0) is 19.0. The van der Waals surface area contributed by atoms with Gasteiger partial charge < -0.3 is 21.3 Å². The lowest BCUT2D eigenvalue weighted by atomic mass is 10.1. The van der Waals surface area contributed by atoms with Gasteiger partial charge in [-0.1, -0.05) is 27.7 Å². The molecule has 24 heavy (non-hydrogen) atoms. The summed E-state index contributed by atoms with van der Waals surface area (Å²) in [7, 11) is 0. The minimum Gasteiger partial charge on any atom is -0.316 e. The van der Waals surface area contributed by atoms with Gasteiger partial charge in [-0.05, 0) is 0 Å². The minimum absolute atomic E-state index is 0.0560. The summed E-state index contributed by atoms with van der Waals surface area (Å²) < 4.78 is 0. The van der Waals surface area contributed by atoms with Crippen molar-refractivity contribution >= 4 is 23.6 Å². The highest BCUT2D eigenvalue weighted by Gasteiger charge is 2.51. The molecule has 0 aromatic heterocycles. The zero-order valence-electron chi connectivity index (χ0n) is 14.6. The lowest BCUT2D eigenvalue weighted by molar-refractivity contribution is -0.138. The number of hydrogen-bond donors (Lipinski definition) is 6. The second-order valence-electron chi connectivity index (χ2n) is 5.22. The summed E-state index contributed by atoms with van der Waals surface area (Å²) in [5.74, 6) is -6.35. The third kappa shape index (κ3) is 5.78. The Morgan fingerprint density at radius 2 is 0.750 bits per heavy atom. The van der Waals surface area contributed by atoms with Crippen molar-refractivity contribution in [2.45, 2.75) is 65.0 Å². The van der Waals surface area contributed by atoms with E-state index in [1.54, 1.807) is 27.7 Å². The SMILES string of the molecule is CCC(=O)NC(N)(NC(=O)CC)C(N)(NC(=O)CC)NC(=O)CC.